The summed E-state index contributed by atoms with van der Waals surface area (Å²) in [4.78, 5) is 33.6. The van der Waals surface area contributed by atoms with Crippen molar-refractivity contribution in [2.24, 2.45) is 0 Å². The highest BCUT2D eigenvalue weighted by Gasteiger charge is 2.27. The number of thiophene rings is 1. The molecule has 0 bridgehead atoms. The molecular weight excluding hydrogens is 433 g/mol. The van der Waals surface area contributed by atoms with Crippen LogP contribution >= 0.6 is 11.3 Å². The predicted octanol–water partition coefficient (Wildman–Crippen LogP) is 3.71. The maximum absolute atomic E-state index is 14.0. The van der Waals surface area contributed by atoms with Crippen molar-refractivity contribution in [2.75, 3.05) is 38.7 Å². The zero-order valence-electron chi connectivity index (χ0n) is 18.2. The Bertz CT molecular complexity index is 1190. The van der Waals surface area contributed by atoms with Crippen molar-refractivity contribution in [3.63, 3.8) is 0 Å². The summed E-state index contributed by atoms with van der Waals surface area (Å²) in [6.07, 6.45) is -0.0399. The number of ether oxygens (including phenoxy) is 2. The van der Waals surface area contributed by atoms with Crippen LogP contribution in [0.4, 0.5) is 10.1 Å². The van der Waals surface area contributed by atoms with Crippen molar-refractivity contribution in [1.82, 2.24) is 9.88 Å². The van der Waals surface area contributed by atoms with Gasteiger partial charge in [0.25, 0.3) is 5.91 Å². The van der Waals surface area contributed by atoms with E-state index in [9.17, 15) is 14.0 Å². The summed E-state index contributed by atoms with van der Waals surface area (Å²) >= 11 is 1.28. The van der Waals surface area contributed by atoms with Gasteiger partial charge in [0, 0.05) is 24.2 Å². The van der Waals surface area contributed by atoms with Crippen LogP contribution in [-0.4, -0.2) is 55.1 Å². The van der Waals surface area contributed by atoms with E-state index in [1.807, 2.05) is 19.9 Å². The van der Waals surface area contributed by atoms with E-state index < -0.39 is 5.82 Å². The van der Waals surface area contributed by atoms with E-state index >= 15 is 0 Å². The Hall–Kier alpha value is -3.04. The maximum Gasteiger partial charge on any atom is 0.266 e. The number of halogens is 1. The number of hydrogen-bond acceptors (Lipinski definition) is 6. The van der Waals surface area contributed by atoms with Gasteiger partial charge in [-0.1, -0.05) is 6.07 Å². The lowest BCUT2D eigenvalue weighted by atomic mass is 10.1. The molecule has 1 saturated heterocycles. The minimum atomic E-state index is -0.530. The molecule has 168 valence electrons. The summed E-state index contributed by atoms with van der Waals surface area (Å²) in [5.74, 6) is -0.907. The first-order valence-electron chi connectivity index (χ1n) is 10.3. The van der Waals surface area contributed by atoms with Gasteiger partial charge in [0.2, 0.25) is 5.91 Å². The molecule has 32 heavy (non-hydrogen) atoms. The fourth-order valence-corrected chi connectivity index (χ4v) is 5.03. The molecule has 1 aliphatic heterocycles. The molecule has 1 fully saturated rings. The number of amides is 2. The molecule has 4 rings (SSSR count). The van der Waals surface area contributed by atoms with Crippen LogP contribution in [0.2, 0.25) is 0 Å². The van der Waals surface area contributed by atoms with Gasteiger partial charge >= 0.3 is 0 Å². The predicted molar refractivity (Wildman–Crippen MR) is 121 cm³/mol. The maximum atomic E-state index is 14.0. The number of morpholine rings is 1. The van der Waals surface area contributed by atoms with Crippen LogP contribution in [0.5, 0.6) is 5.75 Å². The van der Waals surface area contributed by atoms with Gasteiger partial charge in [-0.2, -0.15) is 0 Å². The first kappa shape index (κ1) is 22.2. The van der Waals surface area contributed by atoms with Gasteiger partial charge in [-0.05, 0) is 43.2 Å². The molecule has 1 aromatic carbocycles. The summed E-state index contributed by atoms with van der Waals surface area (Å²) in [7, 11) is 1.39. The molecular formula is C23H24FN3O4S. The molecule has 2 amide bonds. The fourth-order valence-electron chi connectivity index (χ4n) is 3.81. The van der Waals surface area contributed by atoms with Crippen molar-refractivity contribution in [2.45, 2.75) is 20.3 Å². The van der Waals surface area contributed by atoms with Crippen LogP contribution in [0.15, 0.2) is 24.3 Å². The van der Waals surface area contributed by atoms with Crippen molar-refractivity contribution in [3.8, 4) is 5.75 Å². The summed E-state index contributed by atoms with van der Waals surface area (Å²) in [5, 5.41) is 3.67. The zero-order chi connectivity index (χ0) is 22.8. The summed E-state index contributed by atoms with van der Waals surface area (Å²) < 4.78 is 24.3. The van der Waals surface area contributed by atoms with Crippen molar-refractivity contribution >= 4 is 39.1 Å². The molecule has 2 aromatic heterocycles. The van der Waals surface area contributed by atoms with Crippen molar-refractivity contribution in [3.05, 3.63) is 51.8 Å². The third-order valence-electron chi connectivity index (χ3n) is 5.33. The number of benzene rings is 1. The Labute approximate surface area is 189 Å². The average Bonchev–Trinajstić information content (AvgIpc) is 3.12. The Balaban J connectivity index is 1.67. The molecule has 7 nitrogen and oxygen atoms in total. The molecule has 0 atom stereocenters. The smallest absolute Gasteiger partial charge is 0.266 e. The van der Waals surface area contributed by atoms with Gasteiger partial charge in [-0.25, -0.2) is 9.37 Å². The van der Waals surface area contributed by atoms with Gasteiger partial charge in [0.1, 0.15) is 9.71 Å². The minimum absolute atomic E-state index is 0.0399. The topological polar surface area (TPSA) is 80.8 Å². The van der Waals surface area contributed by atoms with E-state index in [1.165, 1.54) is 30.6 Å². The molecule has 0 radical (unpaired) electrons. The third-order valence-corrected chi connectivity index (χ3v) is 6.40. The summed E-state index contributed by atoms with van der Waals surface area (Å²) in [5.41, 5.74) is 2.74. The summed E-state index contributed by atoms with van der Waals surface area (Å²) in [6, 6.07) is 6.33. The highest BCUT2D eigenvalue weighted by atomic mass is 32.1. The molecule has 1 aliphatic rings. The van der Waals surface area contributed by atoms with Gasteiger partial charge < -0.3 is 19.7 Å². The second kappa shape index (κ2) is 9.22. The quantitative estimate of drug-likeness (QED) is 0.632. The number of nitrogens with zero attached hydrogens (tertiary/aromatic N) is 2. The van der Waals surface area contributed by atoms with E-state index in [0.717, 1.165) is 16.6 Å². The normalized spacial score (nSPS) is 13.9. The number of hydrogen-bond donors (Lipinski definition) is 1. The van der Waals surface area contributed by atoms with Crippen LogP contribution in [0, 0.1) is 19.7 Å². The molecule has 0 aliphatic carbocycles. The standard InChI is InChI=1S/C23H24FN3O4S/c1-13-10-14(2)25-22-19(13)20(21(32-22)23(29)27-6-8-31-9-7-27)26-18(28)12-15-4-5-17(30-3)16(24)11-15/h4-5,10-11H,6-9,12H2,1-3H3,(H,26,28). The van der Waals surface area contributed by atoms with Crippen molar-refractivity contribution < 1.29 is 23.5 Å². The van der Waals surface area contributed by atoms with Gasteiger partial charge in [0.05, 0.1) is 32.4 Å². The van der Waals surface area contributed by atoms with Gasteiger partial charge in [-0.3, -0.25) is 9.59 Å². The molecule has 0 saturated carbocycles. The van der Waals surface area contributed by atoms with Crippen LogP contribution in [-0.2, 0) is 16.0 Å². The highest BCUT2D eigenvalue weighted by molar-refractivity contribution is 7.21. The van der Waals surface area contributed by atoms with Gasteiger partial charge in [-0.15, -0.1) is 11.3 Å². The second-order valence-corrected chi connectivity index (χ2v) is 8.66. The number of anilines is 1. The number of methoxy groups -OCH3 is 1. The number of fused-ring (bicyclic) bond motifs is 1. The largest absolute Gasteiger partial charge is 0.494 e. The Morgan fingerprint density at radius 1 is 1.25 bits per heavy atom. The zero-order valence-corrected chi connectivity index (χ0v) is 19.0. The first-order valence-corrected chi connectivity index (χ1v) is 11.1. The third kappa shape index (κ3) is 4.44. The number of aryl methyl sites for hydroxylation is 2. The lowest BCUT2D eigenvalue weighted by Crippen LogP contribution is -2.40. The summed E-state index contributed by atoms with van der Waals surface area (Å²) in [6.45, 7) is 5.79. The van der Waals surface area contributed by atoms with Crippen molar-refractivity contribution in [1.29, 1.82) is 0 Å². The van der Waals surface area contributed by atoms with Crippen LogP contribution in [0.1, 0.15) is 26.5 Å². The molecule has 0 unspecified atom stereocenters. The number of aromatic nitrogens is 1. The second-order valence-electron chi connectivity index (χ2n) is 7.67. The Morgan fingerprint density at radius 2 is 2.00 bits per heavy atom. The Morgan fingerprint density at radius 3 is 2.69 bits per heavy atom. The number of carbonyl (C=O) groups is 2. The molecule has 1 N–H and O–H groups in total. The lowest BCUT2D eigenvalue weighted by molar-refractivity contribution is -0.115. The average molecular weight is 458 g/mol. The van der Waals surface area contributed by atoms with Crippen LogP contribution in [0.3, 0.4) is 0 Å². The Kier molecular flexibility index (Phi) is 6.38. The van der Waals surface area contributed by atoms with E-state index in [-0.39, 0.29) is 24.0 Å². The number of nitrogens with one attached hydrogen (secondary N) is 1. The molecule has 9 heteroatoms. The van der Waals surface area contributed by atoms with E-state index in [0.29, 0.717) is 47.3 Å². The van der Waals surface area contributed by atoms with E-state index in [4.69, 9.17) is 9.47 Å². The molecule has 3 heterocycles. The monoisotopic (exact) mass is 457 g/mol. The first-order chi connectivity index (χ1) is 15.4. The molecule has 3 aromatic rings. The van der Waals surface area contributed by atoms with Gasteiger partial charge in [0.15, 0.2) is 11.6 Å². The van der Waals surface area contributed by atoms with E-state index in [1.54, 1.807) is 11.0 Å². The van der Waals surface area contributed by atoms with Crippen LogP contribution in [0.25, 0.3) is 10.2 Å². The highest BCUT2D eigenvalue weighted by Crippen LogP contribution is 2.38. The van der Waals surface area contributed by atoms with E-state index in [2.05, 4.69) is 10.3 Å². The SMILES string of the molecule is COc1ccc(CC(=O)Nc2c(C(=O)N3CCOCC3)sc3nc(C)cc(C)c23)cc1F. The fraction of sp³-hybridized carbons (Fsp3) is 0.348. The lowest BCUT2D eigenvalue weighted by Gasteiger charge is -2.26. The number of rotatable bonds is 5. The minimum Gasteiger partial charge on any atom is -0.494 e. The number of carbonyl (C=O) groups excluding carboxylic acids is 2. The molecule has 0 spiro atoms. The number of pyridine rings is 1. The van der Waals surface area contributed by atoms with Crippen LogP contribution < -0.4 is 10.1 Å².